The van der Waals surface area contributed by atoms with Crippen molar-refractivity contribution in [1.82, 2.24) is 5.32 Å². The fourth-order valence-corrected chi connectivity index (χ4v) is 2.50. The summed E-state index contributed by atoms with van der Waals surface area (Å²) in [4.78, 5) is 19.9. The summed E-state index contributed by atoms with van der Waals surface area (Å²) in [6.07, 6.45) is 21.2. The maximum Gasteiger partial charge on any atom is 0.317 e. The molecule has 0 amide bonds. The highest BCUT2D eigenvalue weighted by molar-refractivity contribution is 5.68. The standard InChI is InChI=1S/C18H34O2.C3H7NO2/c1-2-3-4-5-6-7-8-9-10-11-12-13-14-15-16-17-18(19)20;1-4-2-3(5)6/h7-8H,2-6,9-17H2,1H3,(H,19,20);4H,2H2,1H3,(H,5,6)/b8-7+;. The molecule has 0 saturated carbocycles. The van der Waals surface area contributed by atoms with Gasteiger partial charge in [-0.1, -0.05) is 70.4 Å². The fraction of sp³-hybridized carbons (Fsp3) is 0.810. The van der Waals surface area contributed by atoms with Crippen LogP contribution < -0.4 is 5.32 Å². The zero-order valence-electron chi connectivity index (χ0n) is 17.0. The molecule has 0 fully saturated rings. The third-order valence-corrected chi connectivity index (χ3v) is 3.98. The number of likely N-dealkylation sites (N-methyl/N-ethyl adjacent to an activating group) is 1. The Labute approximate surface area is 160 Å². The maximum absolute atomic E-state index is 10.3. The number of carboxylic acids is 2. The van der Waals surface area contributed by atoms with E-state index in [0.29, 0.717) is 6.42 Å². The molecule has 0 radical (unpaired) electrons. The van der Waals surface area contributed by atoms with Gasteiger partial charge in [0.05, 0.1) is 6.54 Å². The van der Waals surface area contributed by atoms with Crippen LogP contribution in [-0.4, -0.2) is 35.7 Å². The van der Waals surface area contributed by atoms with Crippen molar-refractivity contribution in [3.63, 3.8) is 0 Å². The molecule has 0 aromatic rings. The summed E-state index contributed by atoms with van der Waals surface area (Å²) in [6.45, 7) is 2.29. The van der Waals surface area contributed by atoms with Crippen LogP contribution in [0.1, 0.15) is 96.8 Å². The summed E-state index contributed by atoms with van der Waals surface area (Å²) >= 11 is 0. The Morgan fingerprint density at radius 1 is 0.731 bits per heavy atom. The SMILES string of the molecule is CCCCCC/C=C/CCCCCCCCCC(=O)O.CNCC(=O)O. The second-order valence-corrected chi connectivity index (χ2v) is 6.65. The van der Waals surface area contributed by atoms with Gasteiger partial charge in [-0.2, -0.15) is 0 Å². The quantitative estimate of drug-likeness (QED) is 0.235. The van der Waals surface area contributed by atoms with E-state index in [1.807, 2.05) is 0 Å². The number of nitrogens with one attached hydrogen (secondary N) is 1. The van der Waals surface area contributed by atoms with Crippen LogP contribution in [0, 0.1) is 0 Å². The molecule has 5 heteroatoms. The Morgan fingerprint density at radius 3 is 1.58 bits per heavy atom. The van der Waals surface area contributed by atoms with Crippen LogP contribution >= 0.6 is 0 Å². The average Bonchev–Trinajstić information content (AvgIpc) is 2.58. The van der Waals surface area contributed by atoms with Gasteiger partial charge in [-0.25, -0.2) is 0 Å². The first-order valence-corrected chi connectivity index (χ1v) is 10.3. The van der Waals surface area contributed by atoms with Gasteiger partial charge in [-0.15, -0.1) is 0 Å². The highest BCUT2D eigenvalue weighted by Gasteiger charge is 1.96. The molecule has 0 heterocycles. The van der Waals surface area contributed by atoms with E-state index in [1.54, 1.807) is 7.05 Å². The second kappa shape index (κ2) is 23.6. The lowest BCUT2D eigenvalue weighted by Crippen LogP contribution is -2.16. The first-order valence-electron chi connectivity index (χ1n) is 10.3. The highest BCUT2D eigenvalue weighted by Crippen LogP contribution is 2.10. The summed E-state index contributed by atoms with van der Waals surface area (Å²) in [7, 11) is 1.59. The smallest absolute Gasteiger partial charge is 0.317 e. The van der Waals surface area contributed by atoms with Gasteiger partial charge in [-0.05, 0) is 39.2 Å². The largest absolute Gasteiger partial charge is 0.481 e. The minimum absolute atomic E-state index is 0.0417. The van der Waals surface area contributed by atoms with Crippen molar-refractivity contribution in [1.29, 1.82) is 0 Å². The zero-order chi connectivity index (χ0) is 19.9. The molecule has 0 aromatic carbocycles. The molecule has 0 unspecified atom stereocenters. The molecule has 0 saturated heterocycles. The predicted molar refractivity (Wildman–Crippen MR) is 109 cm³/mol. The molecule has 154 valence electrons. The van der Waals surface area contributed by atoms with E-state index in [-0.39, 0.29) is 6.54 Å². The van der Waals surface area contributed by atoms with Crippen LogP contribution in [0.3, 0.4) is 0 Å². The summed E-state index contributed by atoms with van der Waals surface area (Å²) in [5.74, 6) is -1.48. The number of allylic oxidation sites excluding steroid dienone is 2. The Morgan fingerprint density at radius 2 is 1.19 bits per heavy atom. The molecule has 3 N–H and O–H groups in total. The van der Waals surface area contributed by atoms with Gasteiger partial charge in [0.15, 0.2) is 0 Å². The monoisotopic (exact) mass is 371 g/mol. The molecule has 0 aliphatic rings. The second-order valence-electron chi connectivity index (χ2n) is 6.65. The van der Waals surface area contributed by atoms with Gasteiger partial charge in [-0.3, -0.25) is 9.59 Å². The number of aliphatic carboxylic acids is 2. The molecular formula is C21H41NO4. The van der Waals surface area contributed by atoms with E-state index in [4.69, 9.17) is 10.2 Å². The number of hydrogen-bond acceptors (Lipinski definition) is 3. The Kier molecular flexibility index (Phi) is 24.4. The van der Waals surface area contributed by atoms with Crippen LogP contribution in [0.5, 0.6) is 0 Å². The lowest BCUT2D eigenvalue weighted by atomic mass is 10.1. The van der Waals surface area contributed by atoms with E-state index in [1.165, 1.54) is 70.6 Å². The number of hydrogen-bond donors (Lipinski definition) is 3. The molecule has 0 aliphatic carbocycles. The van der Waals surface area contributed by atoms with E-state index in [9.17, 15) is 9.59 Å². The number of carboxylic acid groups (broad SMARTS) is 2. The molecule has 0 rings (SSSR count). The summed E-state index contributed by atoms with van der Waals surface area (Å²) in [5, 5.41) is 18.8. The van der Waals surface area contributed by atoms with Gasteiger partial charge < -0.3 is 15.5 Å². The minimum Gasteiger partial charge on any atom is -0.481 e. The first kappa shape index (κ1) is 26.9. The van der Waals surface area contributed by atoms with E-state index >= 15 is 0 Å². The Bertz CT molecular complexity index is 343. The molecule has 26 heavy (non-hydrogen) atoms. The number of unbranched alkanes of at least 4 members (excludes halogenated alkanes) is 11. The normalized spacial score (nSPS) is 10.5. The van der Waals surface area contributed by atoms with E-state index in [0.717, 1.165) is 12.8 Å². The topological polar surface area (TPSA) is 86.6 Å². The van der Waals surface area contributed by atoms with Crippen molar-refractivity contribution in [2.75, 3.05) is 13.6 Å². The summed E-state index contributed by atoms with van der Waals surface area (Å²) in [5.41, 5.74) is 0. The van der Waals surface area contributed by atoms with Crippen LogP contribution in [0.2, 0.25) is 0 Å². The van der Waals surface area contributed by atoms with E-state index in [2.05, 4.69) is 24.4 Å². The van der Waals surface area contributed by atoms with Gasteiger partial charge >= 0.3 is 11.9 Å². The van der Waals surface area contributed by atoms with Crippen LogP contribution in [0.25, 0.3) is 0 Å². The van der Waals surface area contributed by atoms with Crippen molar-refractivity contribution in [2.24, 2.45) is 0 Å². The summed E-state index contributed by atoms with van der Waals surface area (Å²) in [6, 6.07) is 0. The van der Waals surface area contributed by atoms with Gasteiger partial charge in [0.25, 0.3) is 0 Å². The fourth-order valence-electron chi connectivity index (χ4n) is 2.50. The third kappa shape index (κ3) is 30.5. The van der Waals surface area contributed by atoms with Crippen LogP contribution in [0.15, 0.2) is 12.2 Å². The Balaban J connectivity index is 0. The molecular weight excluding hydrogens is 330 g/mol. The minimum atomic E-state index is -0.822. The van der Waals surface area contributed by atoms with Crippen molar-refractivity contribution in [3.8, 4) is 0 Å². The maximum atomic E-state index is 10.3. The van der Waals surface area contributed by atoms with Gasteiger partial charge in [0.2, 0.25) is 0 Å². The molecule has 0 spiro atoms. The van der Waals surface area contributed by atoms with Crippen molar-refractivity contribution >= 4 is 11.9 Å². The van der Waals surface area contributed by atoms with Crippen molar-refractivity contribution in [2.45, 2.75) is 96.8 Å². The molecule has 0 bridgehead atoms. The van der Waals surface area contributed by atoms with Crippen molar-refractivity contribution < 1.29 is 19.8 Å². The molecule has 0 aromatic heterocycles. The molecule has 0 aliphatic heterocycles. The van der Waals surface area contributed by atoms with Crippen molar-refractivity contribution in [3.05, 3.63) is 12.2 Å². The lowest BCUT2D eigenvalue weighted by molar-refractivity contribution is -0.137. The lowest BCUT2D eigenvalue weighted by Gasteiger charge is -2.00. The van der Waals surface area contributed by atoms with E-state index < -0.39 is 11.9 Å². The van der Waals surface area contributed by atoms with Crippen LogP contribution in [0.4, 0.5) is 0 Å². The predicted octanol–water partition coefficient (Wildman–Crippen LogP) is 5.40. The summed E-state index contributed by atoms with van der Waals surface area (Å²) < 4.78 is 0. The van der Waals surface area contributed by atoms with Crippen LogP contribution in [-0.2, 0) is 9.59 Å². The van der Waals surface area contributed by atoms with Gasteiger partial charge in [0, 0.05) is 6.42 Å². The first-order chi connectivity index (χ1) is 12.5. The molecule has 0 atom stereocenters. The third-order valence-electron chi connectivity index (χ3n) is 3.98. The Hall–Kier alpha value is -1.36. The molecule has 5 nitrogen and oxygen atoms in total. The highest BCUT2D eigenvalue weighted by atomic mass is 16.4. The zero-order valence-corrected chi connectivity index (χ0v) is 17.0. The number of carbonyl (C=O) groups is 2. The average molecular weight is 372 g/mol. The number of rotatable bonds is 17. The van der Waals surface area contributed by atoms with Gasteiger partial charge in [0.1, 0.15) is 0 Å².